The fraction of sp³-hybridized carbons (Fsp3) is 0.240. The van der Waals surface area contributed by atoms with Crippen LogP contribution in [0.5, 0.6) is 5.88 Å². The van der Waals surface area contributed by atoms with Crippen LogP contribution in [0.3, 0.4) is 0 Å². The van der Waals surface area contributed by atoms with E-state index < -0.39 is 0 Å². The Morgan fingerprint density at radius 1 is 1.09 bits per heavy atom. The maximum Gasteiger partial charge on any atom is 0.228 e. The SMILES string of the molecule is CC1(C)CC(=O)C2=C(C1)Oc1ncn3nc(-c4ccccc4)nc3c1[C@@H]2c1cccnc1. The molecule has 32 heavy (non-hydrogen) atoms. The number of nitrogens with zero attached hydrogens (tertiary/aromatic N) is 5. The molecule has 1 aromatic carbocycles. The average molecular weight is 423 g/mol. The molecule has 1 aliphatic heterocycles. The number of ketones is 1. The van der Waals surface area contributed by atoms with Crippen LogP contribution < -0.4 is 4.74 Å². The molecule has 0 amide bonds. The number of pyridine rings is 1. The molecule has 1 atom stereocenters. The number of fused-ring (bicyclic) bond motifs is 3. The monoisotopic (exact) mass is 423 g/mol. The van der Waals surface area contributed by atoms with Crippen LogP contribution >= 0.6 is 0 Å². The molecule has 0 unspecified atom stereocenters. The summed E-state index contributed by atoms with van der Waals surface area (Å²) in [4.78, 5) is 27.1. The van der Waals surface area contributed by atoms with Crippen LogP contribution in [0.2, 0.25) is 0 Å². The van der Waals surface area contributed by atoms with Gasteiger partial charge in [-0.3, -0.25) is 9.78 Å². The summed E-state index contributed by atoms with van der Waals surface area (Å²) < 4.78 is 7.93. The lowest BCUT2D eigenvalue weighted by Gasteiger charge is -2.37. The second-order valence-electron chi connectivity index (χ2n) is 9.13. The maximum absolute atomic E-state index is 13.4. The van der Waals surface area contributed by atoms with Crippen LogP contribution in [-0.2, 0) is 4.79 Å². The molecule has 0 N–H and O–H groups in total. The fourth-order valence-electron chi connectivity index (χ4n) is 4.74. The van der Waals surface area contributed by atoms with Crippen molar-refractivity contribution in [2.45, 2.75) is 32.6 Å². The summed E-state index contributed by atoms with van der Waals surface area (Å²) >= 11 is 0. The van der Waals surface area contributed by atoms with Crippen LogP contribution in [0.25, 0.3) is 17.0 Å². The number of ether oxygens (including phenoxy) is 1. The standard InChI is InChI=1S/C25H21N5O2/c1-25(2)11-17(31)20-18(12-25)32-24-21(19(20)16-9-6-10-26-13-16)23-28-22(29-30(23)14-27-24)15-7-4-3-5-8-15/h3-10,13-14,19H,11-12H2,1-2H3/t19-/m1/s1. The van der Waals surface area contributed by atoms with E-state index in [1.54, 1.807) is 23.2 Å². The molecule has 0 spiro atoms. The zero-order valence-electron chi connectivity index (χ0n) is 17.8. The quantitative estimate of drug-likeness (QED) is 0.477. The van der Waals surface area contributed by atoms with Gasteiger partial charge in [-0.05, 0) is 17.0 Å². The maximum atomic E-state index is 13.4. The first-order valence-electron chi connectivity index (χ1n) is 10.6. The predicted molar refractivity (Wildman–Crippen MR) is 118 cm³/mol. The van der Waals surface area contributed by atoms with E-state index in [2.05, 4.69) is 28.9 Å². The molecule has 4 heterocycles. The van der Waals surface area contributed by atoms with E-state index in [4.69, 9.17) is 9.72 Å². The number of hydrogen-bond donors (Lipinski definition) is 0. The minimum atomic E-state index is -0.352. The first-order valence-corrected chi connectivity index (χ1v) is 10.6. The molecule has 7 nitrogen and oxygen atoms in total. The summed E-state index contributed by atoms with van der Waals surface area (Å²) in [6, 6.07) is 13.7. The van der Waals surface area contributed by atoms with Crippen LogP contribution in [0.15, 0.2) is 72.5 Å². The van der Waals surface area contributed by atoms with Gasteiger partial charge in [-0.2, -0.15) is 0 Å². The van der Waals surface area contributed by atoms with Gasteiger partial charge in [0.15, 0.2) is 17.3 Å². The molecular weight excluding hydrogens is 402 g/mol. The Morgan fingerprint density at radius 2 is 1.94 bits per heavy atom. The first kappa shape index (κ1) is 18.9. The number of carbonyl (C=O) groups is 1. The Morgan fingerprint density at radius 3 is 2.72 bits per heavy atom. The van der Waals surface area contributed by atoms with Gasteiger partial charge in [0, 0.05) is 36.4 Å². The van der Waals surface area contributed by atoms with E-state index in [1.807, 2.05) is 42.5 Å². The average Bonchev–Trinajstić information content (AvgIpc) is 3.23. The van der Waals surface area contributed by atoms with E-state index in [9.17, 15) is 4.79 Å². The largest absolute Gasteiger partial charge is 0.442 e. The van der Waals surface area contributed by atoms with Crippen molar-refractivity contribution in [2.24, 2.45) is 5.41 Å². The van der Waals surface area contributed by atoms with Crippen LogP contribution in [0, 0.1) is 5.41 Å². The third-order valence-electron chi connectivity index (χ3n) is 6.11. The molecule has 0 fully saturated rings. The smallest absolute Gasteiger partial charge is 0.228 e. The van der Waals surface area contributed by atoms with E-state index >= 15 is 0 Å². The number of carbonyl (C=O) groups excluding carboxylic acids is 1. The predicted octanol–water partition coefficient (Wildman–Crippen LogP) is 4.35. The van der Waals surface area contributed by atoms with Crippen molar-refractivity contribution in [1.82, 2.24) is 24.6 Å². The third-order valence-corrected chi connectivity index (χ3v) is 6.11. The highest BCUT2D eigenvalue weighted by atomic mass is 16.5. The van der Waals surface area contributed by atoms with Gasteiger partial charge in [0.05, 0.1) is 11.5 Å². The zero-order valence-corrected chi connectivity index (χ0v) is 17.8. The molecular formula is C25H21N5O2. The molecule has 2 aliphatic rings. The second-order valence-corrected chi connectivity index (χ2v) is 9.13. The normalized spacial score (nSPS) is 19.4. The Hall–Kier alpha value is -3.87. The van der Waals surface area contributed by atoms with E-state index in [0.29, 0.717) is 41.5 Å². The Bertz CT molecular complexity index is 1390. The topological polar surface area (TPSA) is 82.3 Å². The third kappa shape index (κ3) is 2.92. The van der Waals surface area contributed by atoms with Gasteiger partial charge in [0.2, 0.25) is 5.88 Å². The second kappa shape index (κ2) is 6.82. The highest BCUT2D eigenvalue weighted by Crippen LogP contribution is 2.50. The first-order chi connectivity index (χ1) is 15.5. The Kier molecular flexibility index (Phi) is 4.02. The van der Waals surface area contributed by atoms with Crippen molar-refractivity contribution in [3.05, 3.63) is 83.6 Å². The van der Waals surface area contributed by atoms with E-state index in [0.717, 1.165) is 16.7 Å². The number of Topliss-reactive ketones (excluding diaryl/α,β-unsaturated/α-hetero) is 1. The summed E-state index contributed by atoms with van der Waals surface area (Å²) in [5, 5.41) is 4.64. The Balaban J connectivity index is 1.61. The molecule has 1 aliphatic carbocycles. The molecule has 158 valence electrons. The molecule has 0 saturated heterocycles. The van der Waals surface area contributed by atoms with Crippen molar-refractivity contribution in [3.63, 3.8) is 0 Å². The minimum absolute atomic E-state index is 0.0977. The van der Waals surface area contributed by atoms with Crippen LogP contribution in [0.1, 0.15) is 43.7 Å². The van der Waals surface area contributed by atoms with Gasteiger partial charge < -0.3 is 4.74 Å². The number of aromatic nitrogens is 5. The van der Waals surface area contributed by atoms with Gasteiger partial charge in [-0.1, -0.05) is 50.2 Å². The van der Waals surface area contributed by atoms with Crippen LogP contribution in [-0.4, -0.2) is 30.3 Å². The summed E-state index contributed by atoms with van der Waals surface area (Å²) in [5.41, 5.74) is 3.73. The van der Waals surface area contributed by atoms with E-state index in [1.165, 1.54) is 0 Å². The molecule has 3 aromatic heterocycles. The van der Waals surface area contributed by atoms with Gasteiger partial charge in [0.1, 0.15) is 12.1 Å². The van der Waals surface area contributed by atoms with E-state index in [-0.39, 0.29) is 17.1 Å². The van der Waals surface area contributed by atoms with Crippen molar-refractivity contribution < 1.29 is 9.53 Å². The molecule has 0 radical (unpaired) electrons. The number of allylic oxidation sites excluding steroid dienone is 2. The molecule has 4 aromatic rings. The molecule has 7 heteroatoms. The fourth-order valence-corrected chi connectivity index (χ4v) is 4.74. The van der Waals surface area contributed by atoms with Gasteiger partial charge in [-0.25, -0.2) is 14.5 Å². The highest BCUT2D eigenvalue weighted by molar-refractivity contribution is 6.00. The summed E-state index contributed by atoms with van der Waals surface area (Å²) in [6.07, 6.45) is 6.30. The van der Waals surface area contributed by atoms with Crippen molar-refractivity contribution in [1.29, 1.82) is 0 Å². The number of hydrogen-bond acceptors (Lipinski definition) is 6. The number of rotatable bonds is 2. The summed E-state index contributed by atoms with van der Waals surface area (Å²) in [5.74, 6) is 1.52. The highest BCUT2D eigenvalue weighted by Gasteiger charge is 2.44. The lowest BCUT2D eigenvalue weighted by molar-refractivity contribution is -0.118. The molecule has 0 saturated carbocycles. The lowest BCUT2D eigenvalue weighted by atomic mass is 9.70. The van der Waals surface area contributed by atoms with Gasteiger partial charge in [0.25, 0.3) is 0 Å². The summed E-state index contributed by atoms with van der Waals surface area (Å²) in [7, 11) is 0. The lowest BCUT2D eigenvalue weighted by Crippen LogP contribution is -2.33. The molecule has 6 rings (SSSR count). The van der Waals surface area contributed by atoms with Gasteiger partial charge >= 0.3 is 0 Å². The summed E-state index contributed by atoms with van der Waals surface area (Å²) in [6.45, 7) is 4.18. The zero-order chi connectivity index (χ0) is 21.9. The van der Waals surface area contributed by atoms with Crippen molar-refractivity contribution >= 4 is 11.4 Å². The van der Waals surface area contributed by atoms with Crippen LogP contribution in [0.4, 0.5) is 0 Å². The minimum Gasteiger partial charge on any atom is -0.442 e. The molecule has 0 bridgehead atoms. The number of benzene rings is 1. The van der Waals surface area contributed by atoms with Crippen molar-refractivity contribution in [3.8, 4) is 17.3 Å². The van der Waals surface area contributed by atoms with Crippen molar-refractivity contribution in [2.75, 3.05) is 0 Å². The Labute approximate surface area is 184 Å². The van der Waals surface area contributed by atoms with Gasteiger partial charge in [-0.15, -0.1) is 5.10 Å².